The number of ether oxygens (including phenoxy) is 2. The summed E-state index contributed by atoms with van der Waals surface area (Å²) in [6.45, 7) is 5.85. The lowest BCUT2D eigenvalue weighted by Crippen LogP contribution is -2.38. The Morgan fingerprint density at radius 3 is 2.90 bits per heavy atom. The summed E-state index contributed by atoms with van der Waals surface area (Å²) in [5, 5.41) is 9.69. The minimum Gasteiger partial charge on any atom is -0.454 e. The molecule has 0 unspecified atom stereocenters. The van der Waals surface area contributed by atoms with Gasteiger partial charge in [0.15, 0.2) is 16.6 Å². The van der Waals surface area contributed by atoms with E-state index in [-0.39, 0.29) is 12.7 Å². The number of thiocarbonyl (C=S) groups is 1. The number of benzene rings is 1. The number of hydrogen-bond donors (Lipinski definition) is 3. The number of fused-ring (bicyclic) bond motifs is 1. The van der Waals surface area contributed by atoms with Crippen LogP contribution in [0.25, 0.3) is 0 Å². The molecule has 0 bridgehead atoms. The number of allylic oxidation sites excluding steroid dienone is 5. The first-order chi connectivity index (χ1) is 15.2. The average Bonchev–Trinajstić information content (AvgIpc) is 3.12. The van der Waals surface area contributed by atoms with Gasteiger partial charge in [0.25, 0.3) is 5.91 Å². The minimum absolute atomic E-state index is 0.210. The third-order valence-electron chi connectivity index (χ3n) is 4.56. The number of carbonyl (C=O) groups is 1. The van der Waals surface area contributed by atoms with Crippen molar-refractivity contribution < 1.29 is 14.3 Å². The van der Waals surface area contributed by atoms with Gasteiger partial charge in [0.2, 0.25) is 6.79 Å². The molecule has 1 aromatic carbocycles. The Labute approximate surface area is 188 Å². The number of carbonyl (C=O) groups excluding carboxylic acids is 1. The summed E-state index contributed by atoms with van der Waals surface area (Å²) in [5.74, 6) is 6.42. The number of hydrogen-bond acceptors (Lipinski definition) is 4. The van der Waals surface area contributed by atoms with Crippen molar-refractivity contribution >= 4 is 23.2 Å². The predicted octanol–water partition coefficient (Wildman–Crippen LogP) is 2.74. The Balaban J connectivity index is 1.31. The molecule has 1 amide bonds. The molecule has 7 heteroatoms. The van der Waals surface area contributed by atoms with Gasteiger partial charge in [0.1, 0.15) is 0 Å². The van der Waals surface area contributed by atoms with Crippen LogP contribution in [0, 0.1) is 11.8 Å². The van der Waals surface area contributed by atoms with Gasteiger partial charge in [-0.2, -0.15) is 0 Å². The van der Waals surface area contributed by atoms with Crippen LogP contribution < -0.4 is 25.4 Å². The molecule has 1 aliphatic heterocycles. The van der Waals surface area contributed by atoms with Crippen LogP contribution in [0.4, 0.5) is 0 Å². The smallest absolute Gasteiger partial charge is 0.296 e. The largest absolute Gasteiger partial charge is 0.454 e. The van der Waals surface area contributed by atoms with Crippen molar-refractivity contribution in [3.8, 4) is 23.3 Å². The van der Waals surface area contributed by atoms with Crippen molar-refractivity contribution in [1.82, 2.24) is 16.0 Å². The number of rotatable bonds is 7. The van der Waals surface area contributed by atoms with Crippen molar-refractivity contribution in [2.75, 3.05) is 26.4 Å². The van der Waals surface area contributed by atoms with Gasteiger partial charge >= 0.3 is 0 Å². The van der Waals surface area contributed by atoms with Crippen molar-refractivity contribution in [1.29, 1.82) is 0 Å². The zero-order valence-electron chi connectivity index (χ0n) is 17.2. The van der Waals surface area contributed by atoms with Crippen LogP contribution in [0.15, 0.2) is 66.3 Å². The van der Waals surface area contributed by atoms with E-state index in [1.807, 2.05) is 12.2 Å². The quantitative estimate of drug-likeness (QED) is 0.348. The van der Waals surface area contributed by atoms with Crippen LogP contribution in [0.5, 0.6) is 11.5 Å². The molecule has 2 aliphatic rings. The van der Waals surface area contributed by atoms with Crippen molar-refractivity contribution in [3.05, 3.63) is 71.9 Å². The maximum absolute atomic E-state index is 11.9. The van der Waals surface area contributed by atoms with Gasteiger partial charge < -0.3 is 25.4 Å². The molecule has 0 saturated heterocycles. The normalized spacial score (nSPS) is 13.7. The highest BCUT2D eigenvalue weighted by atomic mass is 32.1. The molecule has 0 aromatic heterocycles. The molecular weight excluding hydrogens is 410 g/mol. The van der Waals surface area contributed by atoms with Crippen LogP contribution in [0.3, 0.4) is 0 Å². The summed E-state index contributed by atoms with van der Waals surface area (Å²) in [4.78, 5) is 11.9. The Kier molecular flexibility index (Phi) is 8.32. The minimum atomic E-state index is -0.324. The summed E-state index contributed by atoms with van der Waals surface area (Å²) in [7, 11) is 0. The number of nitrogens with one attached hydrogen (secondary N) is 3. The predicted molar refractivity (Wildman–Crippen MR) is 126 cm³/mol. The van der Waals surface area contributed by atoms with E-state index in [2.05, 4.69) is 52.6 Å². The highest BCUT2D eigenvalue weighted by molar-refractivity contribution is 7.80. The number of amides is 1. The Bertz CT molecular complexity index is 999. The van der Waals surface area contributed by atoms with Crippen molar-refractivity contribution in [3.63, 3.8) is 0 Å². The van der Waals surface area contributed by atoms with Gasteiger partial charge in [0, 0.05) is 31.1 Å². The van der Waals surface area contributed by atoms with E-state index in [0.717, 1.165) is 24.0 Å². The Morgan fingerprint density at radius 2 is 2.03 bits per heavy atom. The third kappa shape index (κ3) is 7.05. The standard InChI is InChI=1S/C24H25N3O3S/c1-2-19-7-4-3-5-8-20(19)16-27-24(31)26-14-6-13-25-23(28)12-10-18-9-11-21-22(15-18)30-17-29-21/h2-3,5,7-9,11,15H,1,4,6,13-14,16-17H2,(H,25,28)(H2,26,27,31). The second kappa shape index (κ2) is 11.6. The molecule has 160 valence electrons. The van der Waals surface area contributed by atoms with E-state index in [9.17, 15) is 4.79 Å². The molecule has 0 radical (unpaired) electrons. The Hall–Kier alpha value is -3.50. The molecule has 6 nitrogen and oxygen atoms in total. The Morgan fingerprint density at radius 1 is 1.19 bits per heavy atom. The van der Waals surface area contributed by atoms with E-state index in [0.29, 0.717) is 41.8 Å². The lowest BCUT2D eigenvalue weighted by atomic mass is 10.1. The zero-order valence-corrected chi connectivity index (χ0v) is 18.0. The van der Waals surface area contributed by atoms with Gasteiger partial charge in [-0.25, -0.2) is 0 Å². The van der Waals surface area contributed by atoms with E-state index < -0.39 is 0 Å². The fourth-order valence-electron chi connectivity index (χ4n) is 2.94. The first kappa shape index (κ1) is 22.2. The zero-order chi connectivity index (χ0) is 21.9. The van der Waals surface area contributed by atoms with Crippen LogP contribution in [-0.4, -0.2) is 37.4 Å². The molecule has 3 rings (SSSR count). The summed E-state index contributed by atoms with van der Waals surface area (Å²) >= 11 is 5.32. The van der Waals surface area contributed by atoms with E-state index in [1.54, 1.807) is 18.2 Å². The maximum Gasteiger partial charge on any atom is 0.296 e. The molecule has 31 heavy (non-hydrogen) atoms. The lowest BCUT2D eigenvalue weighted by molar-refractivity contribution is -0.115. The van der Waals surface area contributed by atoms with Crippen LogP contribution in [-0.2, 0) is 4.79 Å². The highest BCUT2D eigenvalue weighted by Gasteiger charge is 2.12. The van der Waals surface area contributed by atoms with Crippen LogP contribution in [0.1, 0.15) is 18.4 Å². The monoisotopic (exact) mass is 435 g/mol. The average molecular weight is 436 g/mol. The van der Waals surface area contributed by atoms with Gasteiger partial charge in [0.05, 0.1) is 0 Å². The van der Waals surface area contributed by atoms with Gasteiger partial charge in [-0.1, -0.05) is 42.9 Å². The van der Waals surface area contributed by atoms with E-state index >= 15 is 0 Å². The summed E-state index contributed by atoms with van der Waals surface area (Å²) in [6, 6.07) is 5.33. The second-order valence-electron chi connectivity index (χ2n) is 6.76. The van der Waals surface area contributed by atoms with Crippen LogP contribution in [0.2, 0.25) is 0 Å². The molecule has 3 N–H and O–H groups in total. The molecule has 1 heterocycles. The molecule has 0 saturated carbocycles. The van der Waals surface area contributed by atoms with E-state index in [1.165, 1.54) is 0 Å². The van der Waals surface area contributed by atoms with Gasteiger partial charge in [-0.3, -0.25) is 4.79 Å². The topological polar surface area (TPSA) is 71.6 Å². The second-order valence-corrected chi connectivity index (χ2v) is 7.16. The van der Waals surface area contributed by atoms with Crippen molar-refractivity contribution in [2.45, 2.75) is 12.8 Å². The summed E-state index contributed by atoms with van der Waals surface area (Å²) in [6.07, 6.45) is 11.8. The summed E-state index contributed by atoms with van der Waals surface area (Å²) in [5.41, 5.74) is 2.96. The third-order valence-corrected chi connectivity index (χ3v) is 4.84. The van der Waals surface area contributed by atoms with Gasteiger partial charge in [-0.05, 0) is 54.4 Å². The highest BCUT2D eigenvalue weighted by Crippen LogP contribution is 2.32. The van der Waals surface area contributed by atoms with Gasteiger partial charge in [-0.15, -0.1) is 0 Å². The first-order valence-electron chi connectivity index (χ1n) is 10.1. The molecule has 1 aliphatic carbocycles. The van der Waals surface area contributed by atoms with Crippen LogP contribution >= 0.6 is 12.2 Å². The summed E-state index contributed by atoms with van der Waals surface area (Å²) < 4.78 is 10.6. The van der Waals surface area contributed by atoms with E-state index in [4.69, 9.17) is 21.7 Å². The molecular formula is C24H25N3O3S. The van der Waals surface area contributed by atoms with Crippen molar-refractivity contribution in [2.24, 2.45) is 0 Å². The maximum atomic E-state index is 11.9. The molecule has 0 fully saturated rings. The molecule has 0 atom stereocenters. The molecule has 0 spiro atoms. The lowest BCUT2D eigenvalue weighted by Gasteiger charge is -2.13. The SMILES string of the molecule is C=CC1=CCC=CC=C1CNC(=S)NCCCNC(=O)C#Cc1ccc2c(c1)OCO2. The first-order valence-corrected chi connectivity index (χ1v) is 10.5. The molecule has 1 aromatic rings. The fraction of sp³-hybridized carbons (Fsp3) is 0.250. The fourth-order valence-corrected chi connectivity index (χ4v) is 3.11.